The standard InChI is InChI=1S/C19H25NO/c1-16(18-10-6-3-7-11-18)12-13-20-19(15-21)14-17-8-4-2-5-9-17/h2-11,16,19-21H,12-15H2,1H3/t16?,19-/m1/s1. The van der Waals surface area contributed by atoms with Crippen LogP contribution in [0.15, 0.2) is 60.7 Å². The maximum atomic E-state index is 9.51. The van der Waals surface area contributed by atoms with E-state index in [0.717, 1.165) is 19.4 Å². The second-order valence-corrected chi connectivity index (χ2v) is 5.62. The van der Waals surface area contributed by atoms with Gasteiger partial charge in [0.25, 0.3) is 0 Å². The molecule has 112 valence electrons. The van der Waals surface area contributed by atoms with Gasteiger partial charge in [0.05, 0.1) is 6.61 Å². The van der Waals surface area contributed by atoms with Gasteiger partial charge in [-0.15, -0.1) is 0 Å². The van der Waals surface area contributed by atoms with Gasteiger partial charge in [0.1, 0.15) is 0 Å². The summed E-state index contributed by atoms with van der Waals surface area (Å²) in [5.74, 6) is 0.537. The molecule has 2 N–H and O–H groups in total. The zero-order valence-electron chi connectivity index (χ0n) is 12.7. The number of aliphatic hydroxyl groups excluding tert-OH is 1. The lowest BCUT2D eigenvalue weighted by Crippen LogP contribution is -2.35. The Labute approximate surface area is 127 Å². The second kappa shape index (κ2) is 8.60. The smallest absolute Gasteiger partial charge is 0.0587 e. The van der Waals surface area contributed by atoms with Gasteiger partial charge in [0.15, 0.2) is 0 Å². The van der Waals surface area contributed by atoms with Crippen LogP contribution in [0, 0.1) is 0 Å². The summed E-state index contributed by atoms with van der Waals surface area (Å²) in [5, 5.41) is 13.0. The lowest BCUT2D eigenvalue weighted by atomic mass is 9.97. The van der Waals surface area contributed by atoms with E-state index < -0.39 is 0 Å². The van der Waals surface area contributed by atoms with E-state index in [-0.39, 0.29) is 12.6 Å². The Balaban J connectivity index is 1.76. The van der Waals surface area contributed by atoms with E-state index >= 15 is 0 Å². The lowest BCUT2D eigenvalue weighted by Gasteiger charge is -2.18. The molecule has 0 bridgehead atoms. The van der Waals surface area contributed by atoms with Crippen molar-refractivity contribution in [3.63, 3.8) is 0 Å². The summed E-state index contributed by atoms with van der Waals surface area (Å²) in [6.07, 6.45) is 1.95. The van der Waals surface area contributed by atoms with Gasteiger partial charge < -0.3 is 10.4 Å². The van der Waals surface area contributed by atoms with E-state index in [1.54, 1.807) is 0 Å². The largest absolute Gasteiger partial charge is 0.395 e. The first kappa shape index (κ1) is 15.7. The zero-order valence-corrected chi connectivity index (χ0v) is 12.7. The van der Waals surface area contributed by atoms with E-state index in [4.69, 9.17) is 0 Å². The molecule has 0 radical (unpaired) electrons. The van der Waals surface area contributed by atoms with Gasteiger partial charge in [-0.25, -0.2) is 0 Å². The van der Waals surface area contributed by atoms with Crippen molar-refractivity contribution in [1.82, 2.24) is 5.32 Å². The van der Waals surface area contributed by atoms with Gasteiger partial charge in [0.2, 0.25) is 0 Å². The van der Waals surface area contributed by atoms with Gasteiger partial charge in [0, 0.05) is 6.04 Å². The minimum absolute atomic E-state index is 0.135. The molecule has 0 fully saturated rings. The number of aliphatic hydroxyl groups is 1. The molecule has 0 aliphatic carbocycles. The highest BCUT2D eigenvalue weighted by Gasteiger charge is 2.09. The molecule has 0 spiro atoms. The zero-order chi connectivity index (χ0) is 14.9. The molecule has 2 aromatic rings. The van der Waals surface area contributed by atoms with Crippen LogP contribution in [0.4, 0.5) is 0 Å². The molecule has 1 unspecified atom stereocenters. The first-order valence-corrected chi connectivity index (χ1v) is 7.72. The Bertz CT molecular complexity index is 497. The van der Waals surface area contributed by atoms with Crippen molar-refractivity contribution in [2.45, 2.75) is 31.7 Å². The fraction of sp³-hybridized carbons (Fsp3) is 0.368. The molecule has 0 amide bonds. The molecule has 0 aromatic heterocycles. The van der Waals surface area contributed by atoms with Crippen molar-refractivity contribution in [2.75, 3.05) is 13.2 Å². The molecular formula is C19H25NO. The highest BCUT2D eigenvalue weighted by atomic mass is 16.3. The van der Waals surface area contributed by atoms with Crippen LogP contribution in [0.25, 0.3) is 0 Å². The fourth-order valence-electron chi connectivity index (χ4n) is 2.55. The van der Waals surface area contributed by atoms with E-state index in [2.05, 4.69) is 54.7 Å². The number of rotatable bonds is 8. The number of nitrogens with one attached hydrogen (secondary N) is 1. The average Bonchev–Trinajstić information content (AvgIpc) is 2.55. The second-order valence-electron chi connectivity index (χ2n) is 5.62. The average molecular weight is 283 g/mol. The number of hydrogen-bond acceptors (Lipinski definition) is 2. The van der Waals surface area contributed by atoms with Crippen LogP contribution in [0.2, 0.25) is 0 Å². The lowest BCUT2D eigenvalue weighted by molar-refractivity contribution is 0.241. The molecule has 21 heavy (non-hydrogen) atoms. The molecule has 0 saturated carbocycles. The van der Waals surface area contributed by atoms with Crippen molar-refractivity contribution in [1.29, 1.82) is 0 Å². The van der Waals surface area contributed by atoms with Gasteiger partial charge in [-0.05, 0) is 36.4 Å². The maximum absolute atomic E-state index is 9.51. The van der Waals surface area contributed by atoms with Crippen molar-refractivity contribution in [3.05, 3.63) is 71.8 Å². The van der Waals surface area contributed by atoms with Crippen LogP contribution in [-0.4, -0.2) is 24.3 Å². The summed E-state index contributed by atoms with van der Waals surface area (Å²) in [7, 11) is 0. The summed E-state index contributed by atoms with van der Waals surface area (Å²) < 4.78 is 0. The Morgan fingerprint density at radius 2 is 1.57 bits per heavy atom. The molecule has 0 aliphatic heterocycles. The van der Waals surface area contributed by atoms with E-state index in [0.29, 0.717) is 5.92 Å². The normalized spacial score (nSPS) is 13.8. The van der Waals surface area contributed by atoms with Crippen molar-refractivity contribution in [3.8, 4) is 0 Å². The summed E-state index contributed by atoms with van der Waals surface area (Å²) in [4.78, 5) is 0. The Morgan fingerprint density at radius 3 is 2.19 bits per heavy atom. The highest BCUT2D eigenvalue weighted by molar-refractivity contribution is 5.18. The van der Waals surface area contributed by atoms with Crippen LogP contribution in [0.5, 0.6) is 0 Å². The number of benzene rings is 2. The Morgan fingerprint density at radius 1 is 0.952 bits per heavy atom. The molecule has 2 heteroatoms. The SMILES string of the molecule is CC(CCN[C@@H](CO)Cc1ccccc1)c1ccccc1. The third-order valence-corrected chi connectivity index (χ3v) is 3.92. The van der Waals surface area contributed by atoms with Gasteiger partial charge in [-0.2, -0.15) is 0 Å². The molecule has 2 aromatic carbocycles. The first-order chi connectivity index (χ1) is 10.3. The molecule has 2 atom stereocenters. The molecule has 0 saturated heterocycles. The minimum Gasteiger partial charge on any atom is -0.395 e. The highest BCUT2D eigenvalue weighted by Crippen LogP contribution is 2.17. The van der Waals surface area contributed by atoms with Crippen molar-refractivity contribution >= 4 is 0 Å². The predicted octanol–water partition coefficient (Wildman–Crippen LogP) is 3.37. The van der Waals surface area contributed by atoms with Crippen LogP contribution in [-0.2, 0) is 6.42 Å². The molecule has 2 rings (SSSR count). The summed E-state index contributed by atoms with van der Waals surface area (Å²) in [6.45, 7) is 3.35. The van der Waals surface area contributed by atoms with Gasteiger partial charge in [-0.3, -0.25) is 0 Å². The van der Waals surface area contributed by atoms with Crippen LogP contribution >= 0.6 is 0 Å². The van der Waals surface area contributed by atoms with Crippen LogP contribution in [0.3, 0.4) is 0 Å². The quantitative estimate of drug-likeness (QED) is 0.778. The molecule has 2 nitrogen and oxygen atoms in total. The van der Waals surface area contributed by atoms with Crippen molar-refractivity contribution < 1.29 is 5.11 Å². The molecule has 0 aliphatic rings. The maximum Gasteiger partial charge on any atom is 0.0587 e. The third-order valence-electron chi connectivity index (χ3n) is 3.92. The van der Waals surface area contributed by atoms with Gasteiger partial charge >= 0.3 is 0 Å². The summed E-state index contributed by atoms with van der Waals surface area (Å²) >= 11 is 0. The van der Waals surface area contributed by atoms with Crippen LogP contribution < -0.4 is 5.32 Å². The minimum atomic E-state index is 0.135. The van der Waals surface area contributed by atoms with E-state index in [9.17, 15) is 5.11 Å². The molecular weight excluding hydrogens is 258 g/mol. The van der Waals surface area contributed by atoms with Crippen molar-refractivity contribution in [2.24, 2.45) is 0 Å². The monoisotopic (exact) mass is 283 g/mol. The van der Waals surface area contributed by atoms with E-state index in [1.165, 1.54) is 11.1 Å². The van der Waals surface area contributed by atoms with E-state index in [1.807, 2.05) is 18.2 Å². The fourth-order valence-corrected chi connectivity index (χ4v) is 2.55. The Hall–Kier alpha value is -1.64. The molecule has 0 heterocycles. The van der Waals surface area contributed by atoms with Crippen LogP contribution in [0.1, 0.15) is 30.4 Å². The summed E-state index contributed by atoms with van der Waals surface area (Å²) in [5.41, 5.74) is 2.64. The number of hydrogen-bond donors (Lipinski definition) is 2. The first-order valence-electron chi connectivity index (χ1n) is 7.72. The summed E-state index contributed by atoms with van der Waals surface area (Å²) in [6, 6.07) is 21.0. The third kappa shape index (κ3) is 5.33. The predicted molar refractivity (Wildman–Crippen MR) is 88.5 cm³/mol. The Kier molecular flexibility index (Phi) is 6.45. The van der Waals surface area contributed by atoms with Gasteiger partial charge in [-0.1, -0.05) is 67.6 Å². The topological polar surface area (TPSA) is 32.3 Å².